The lowest BCUT2D eigenvalue weighted by Gasteiger charge is -2.35. The number of benzene rings is 1. The van der Waals surface area contributed by atoms with E-state index >= 15 is 8.78 Å². The highest BCUT2D eigenvalue weighted by Crippen LogP contribution is 2.34. The van der Waals surface area contributed by atoms with Crippen molar-refractivity contribution in [3.63, 3.8) is 0 Å². The van der Waals surface area contributed by atoms with Crippen molar-refractivity contribution in [2.75, 3.05) is 51.3 Å². The molecule has 2 saturated heterocycles. The first-order valence-corrected chi connectivity index (χ1v) is 13.4. The summed E-state index contributed by atoms with van der Waals surface area (Å²) in [6, 6.07) is 6.11. The molecule has 214 valence electrons. The number of hydrogen-bond acceptors (Lipinski definition) is 6. The number of carbonyl (C=O) groups excluding carboxylic acids is 2. The fourth-order valence-corrected chi connectivity index (χ4v) is 5.17. The molecule has 2 aromatic heterocycles. The van der Waals surface area contributed by atoms with Crippen LogP contribution in [-0.4, -0.2) is 89.3 Å². The molecular formula is C29H35F2N5O4. The first kappa shape index (κ1) is 28.0. The smallest absolute Gasteiger partial charge is 0.410 e. The average Bonchev–Trinajstić information content (AvgIpc) is 3.19. The van der Waals surface area contributed by atoms with Crippen molar-refractivity contribution in [3.05, 3.63) is 53.4 Å². The van der Waals surface area contributed by atoms with Crippen LogP contribution in [-0.2, 0) is 20.7 Å². The van der Waals surface area contributed by atoms with Crippen LogP contribution >= 0.6 is 0 Å². The van der Waals surface area contributed by atoms with Crippen LogP contribution in [0.15, 0.2) is 30.5 Å². The minimum absolute atomic E-state index is 0.0851. The van der Waals surface area contributed by atoms with Gasteiger partial charge in [-0.15, -0.1) is 0 Å². The van der Waals surface area contributed by atoms with E-state index < -0.39 is 29.2 Å². The summed E-state index contributed by atoms with van der Waals surface area (Å²) in [5.41, 5.74) is 1.58. The highest BCUT2D eigenvalue weighted by Gasteiger charge is 2.32. The predicted octanol–water partition coefficient (Wildman–Crippen LogP) is 4.04. The summed E-state index contributed by atoms with van der Waals surface area (Å²) in [4.78, 5) is 34.7. The van der Waals surface area contributed by atoms with Gasteiger partial charge in [0, 0.05) is 44.5 Å². The SMILES string of the molecule is Cc1ccn2c(CC3CN(C)CCO3)c(-c3c(F)cc(N4CCN(C(=O)OC(C)(C)C)CC4=O)cc3F)nc2c1. The van der Waals surface area contributed by atoms with E-state index in [-0.39, 0.29) is 42.7 Å². The fourth-order valence-electron chi connectivity index (χ4n) is 5.17. The normalized spacial score (nSPS) is 19.0. The summed E-state index contributed by atoms with van der Waals surface area (Å²) in [6.45, 7) is 9.28. The molecule has 0 radical (unpaired) electrons. The Morgan fingerprint density at radius 1 is 1.15 bits per heavy atom. The number of amides is 2. The third kappa shape index (κ3) is 5.80. The lowest BCUT2D eigenvalue weighted by atomic mass is 10.0. The molecule has 9 nitrogen and oxygen atoms in total. The molecule has 0 aliphatic carbocycles. The maximum absolute atomic E-state index is 15.7. The second kappa shape index (κ2) is 10.8. The number of aromatic nitrogens is 2. The number of piperazine rings is 1. The fraction of sp³-hybridized carbons (Fsp3) is 0.483. The number of likely N-dealkylation sites (N-methyl/N-ethyl adjacent to an activating group) is 1. The molecule has 1 atom stereocenters. The summed E-state index contributed by atoms with van der Waals surface area (Å²) in [5.74, 6) is -2.09. The van der Waals surface area contributed by atoms with E-state index in [2.05, 4.69) is 9.88 Å². The number of aryl methyl sites for hydroxylation is 1. The molecular weight excluding hydrogens is 520 g/mol. The molecule has 40 heavy (non-hydrogen) atoms. The van der Waals surface area contributed by atoms with Gasteiger partial charge in [0.25, 0.3) is 0 Å². The van der Waals surface area contributed by atoms with Gasteiger partial charge in [0.05, 0.1) is 29.7 Å². The third-order valence-corrected chi connectivity index (χ3v) is 7.09. The average molecular weight is 556 g/mol. The number of hydrogen-bond donors (Lipinski definition) is 0. The van der Waals surface area contributed by atoms with Gasteiger partial charge in [-0.25, -0.2) is 18.6 Å². The van der Waals surface area contributed by atoms with E-state index in [9.17, 15) is 9.59 Å². The Labute approximate surface area is 232 Å². The molecule has 2 aliphatic rings. The maximum Gasteiger partial charge on any atom is 0.410 e. The van der Waals surface area contributed by atoms with E-state index in [1.54, 1.807) is 20.8 Å². The Bertz CT molecular complexity index is 1430. The quantitative estimate of drug-likeness (QED) is 0.484. The van der Waals surface area contributed by atoms with Crippen molar-refractivity contribution >= 4 is 23.3 Å². The maximum atomic E-state index is 15.7. The summed E-state index contributed by atoms with van der Waals surface area (Å²) in [5, 5.41) is 0. The Balaban J connectivity index is 1.45. The van der Waals surface area contributed by atoms with Crippen molar-refractivity contribution < 1.29 is 27.8 Å². The monoisotopic (exact) mass is 555 g/mol. The van der Waals surface area contributed by atoms with E-state index in [1.165, 1.54) is 9.80 Å². The molecule has 0 saturated carbocycles. The number of anilines is 1. The van der Waals surface area contributed by atoms with Crippen molar-refractivity contribution in [1.82, 2.24) is 19.2 Å². The molecule has 2 fully saturated rings. The largest absolute Gasteiger partial charge is 0.444 e. The second-order valence-corrected chi connectivity index (χ2v) is 11.5. The van der Waals surface area contributed by atoms with E-state index in [0.717, 1.165) is 24.2 Å². The molecule has 1 aromatic carbocycles. The van der Waals surface area contributed by atoms with Gasteiger partial charge in [0.15, 0.2) is 0 Å². The van der Waals surface area contributed by atoms with E-state index in [0.29, 0.717) is 30.9 Å². The van der Waals surface area contributed by atoms with Crippen LogP contribution in [0, 0.1) is 18.6 Å². The van der Waals surface area contributed by atoms with Gasteiger partial charge in [-0.05, 0) is 64.6 Å². The van der Waals surface area contributed by atoms with Crippen LogP contribution in [0.1, 0.15) is 32.0 Å². The van der Waals surface area contributed by atoms with Gasteiger partial charge in [-0.1, -0.05) is 0 Å². The topological polar surface area (TPSA) is 79.6 Å². The van der Waals surface area contributed by atoms with Crippen molar-refractivity contribution in [2.24, 2.45) is 0 Å². The number of morpholine rings is 1. The molecule has 5 rings (SSSR count). The number of rotatable bonds is 4. The van der Waals surface area contributed by atoms with Gasteiger partial charge in [-0.3, -0.25) is 9.69 Å². The van der Waals surface area contributed by atoms with E-state index in [4.69, 9.17) is 9.47 Å². The summed E-state index contributed by atoms with van der Waals surface area (Å²) < 4.78 is 44.7. The summed E-state index contributed by atoms with van der Waals surface area (Å²) in [6.07, 6.45) is 1.53. The Kier molecular flexibility index (Phi) is 7.54. The van der Waals surface area contributed by atoms with Crippen LogP contribution in [0.25, 0.3) is 16.9 Å². The Morgan fingerprint density at radius 3 is 2.52 bits per heavy atom. The van der Waals surface area contributed by atoms with Crippen molar-refractivity contribution in [1.29, 1.82) is 0 Å². The first-order chi connectivity index (χ1) is 18.9. The van der Waals surface area contributed by atoms with Crippen LogP contribution < -0.4 is 4.90 Å². The first-order valence-electron chi connectivity index (χ1n) is 13.4. The van der Waals surface area contributed by atoms with Crippen LogP contribution in [0.4, 0.5) is 19.3 Å². The van der Waals surface area contributed by atoms with Gasteiger partial charge < -0.3 is 23.7 Å². The van der Waals surface area contributed by atoms with Crippen molar-refractivity contribution in [3.8, 4) is 11.3 Å². The highest BCUT2D eigenvalue weighted by molar-refractivity contribution is 5.97. The molecule has 1 unspecified atom stereocenters. The summed E-state index contributed by atoms with van der Waals surface area (Å²) in [7, 11) is 2.01. The number of pyridine rings is 1. The zero-order valence-electron chi connectivity index (χ0n) is 23.5. The molecule has 0 bridgehead atoms. The lowest BCUT2D eigenvalue weighted by Crippen LogP contribution is -2.53. The minimum atomic E-state index is -0.819. The van der Waals surface area contributed by atoms with Gasteiger partial charge in [-0.2, -0.15) is 0 Å². The highest BCUT2D eigenvalue weighted by atomic mass is 19.1. The molecule has 3 aromatic rings. The number of fused-ring (bicyclic) bond motifs is 1. The molecule has 11 heteroatoms. The second-order valence-electron chi connectivity index (χ2n) is 11.5. The summed E-state index contributed by atoms with van der Waals surface area (Å²) >= 11 is 0. The predicted molar refractivity (Wildman–Crippen MR) is 146 cm³/mol. The molecule has 2 aliphatic heterocycles. The Hall–Kier alpha value is -3.57. The van der Waals surface area contributed by atoms with Gasteiger partial charge >= 0.3 is 6.09 Å². The zero-order valence-corrected chi connectivity index (χ0v) is 23.5. The van der Waals surface area contributed by atoms with Crippen molar-refractivity contribution in [2.45, 2.75) is 45.8 Å². The minimum Gasteiger partial charge on any atom is -0.444 e. The van der Waals surface area contributed by atoms with Crippen LogP contribution in [0.3, 0.4) is 0 Å². The molecule has 2 amide bonds. The number of ether oxygens (including phenoxy) is 2. The number of imidazole rings is 1. The lowest BCUT2D eigenvalue weighted by molar-refractivity contribution is -0.121. The van der Waals surface area contributed by atoms with Gasteiger partial charge in [0.2, 0.25) is 5.91 Å². The molecule has 4 heterocycles. The number of carbonyl (C=O) groups is 2. The van der Waals surface area contributed by atoms with E-state index in [1.807, 2.05) is 36.7 Å². The number of halogens is 2. The molecule has 0 N–H and O–H groups in total. The van der Waals surface area contributed by atoms with Crippen LogP contribution in [0.5, 0.6) is 0 Å². The van der Waals surface area contributed by atoms with Gasteiger partial charge in [0.1, 0.15) is 29.4 Å². The standard InChI is InChI=1S/C29H35F2N5O4/c1-18-6-7-36-23(15-20-16-33(5)10-11-39-20)27(32-24(36)12-18)26-21(30)13-19(14-22(26)31)35-9-8-34(17-25(35)37)28(38)40-29(2,3)4/h6-7,12-14,20H,8-11,15-17H2,1-5H3. The van der Waals surface area contributed by atoms with Crippen LogP contribution in [0.2, 0.25) is 0 Å². The Morgan fingerprint density at radius 2 is 1.88 bits per heavy atom. The molecule has 0 spiro atoms. The number of nitrogens with zero attached hydrogens (tertiary/aromatic N) is 5. The third-order valence-electron chi connectivity index (χ3n) is 7.09. The zero-order chi connectivity index (χ0) is 28.8.